The molecule has 0 spiro atoms. The predicted molar refractivity (Wildman–Crippen MR) is 70.2 cm³/mol. The van der Waals surface area contributed by atoms with Crippen molar-refractivity contribution in [3.05, 3.63) is 29.8 Å². The van der Waals surface area contributed by atoms with Gasteiger partial charge in [-0.25, -0.2) is 0 Å². The molecule has 1 unspecified atom stereocenters. The lowest BCUT2D eigenvalue weighted by Gasteiger charge is -2.27. The largest absolute Gasteiger partial charge is 0.573 e. The number of hydrogen-bond acceptors (Lipinski definition) is 3. The van der Waals surface area contributed by atoms with E-state index in [-0.39, 0.29) is 11.8 Å². The van der Waals surface area contributed by atoms with Gasteiger partial charge in [-0.1, -0.05) is 18.2 Å². The number of alkyl halides is 3. The Morgan fingerprint density at radius 1 is 1.35 bits per heavy atom. The number of likely N-dealkylation sites (N-methyl/N-ethyl adjacent to an activating group) is 1. The molecule has 2 N–H and O–H groups in total. The van der Waals surface area contributed by atoms with Crippen molar-refractivity contribution in [2.45, 2.75) is 31.8 Å². The fourth-order valence-electron chi connectivity index (χ4n) is 2.46. The Hall–Kier alpha value is -1.27. The minimum atomic E-state index is -4.67. The van der Waals surface area contributed by atoms with Crippen LogP contribution >= 0.6 is 0 Å². The number of halogens is 3. The Balaban J connectivity index is 2.08. The quantitative estimate of drug-likeness (QED) is 0.874. The first-order valence-electron chi connectivity index (χ1n) is 6.64. The maximum atomic E-state index is 12.4. The maximum Gasteiger partial charge on any atom is 0.573 e. The first-order valence-corrected chi connectivity index (χ1v) is 6.64. The Labute approximate surface area is 116 Å². The molecule has 1 aromatic carbocycles. The van der Waals surface area contributed by atoms with E-state index in [2.05, 4.69) is 4.74 Å². The second-order valence-corrected chi connectivity index (χ2v) is 5.21. The van der Waals surface area contributed by atoms with Gasteiger partial charge in [0.1, 0.15) is 5.75 Å². The molecule has 1 saturated carbocycles. The molecule has 0 radical (unpaired) electrons. The maximum absolute atomic E-state index is 12.4. The Morgan fingerprint density at radius 3 is 2.55 bits per heavy atom. The zero-order valence-corrected chi connectivity index (χ0v) is 11.4. The van der Waals surface area contributed by atoms with Gasteiger partial charge in [-0.15, -0.1) is 13.2 Å². The van der Waals surface area contributed by atoms with Gasteiger partial charge in [0.15, 0.2) is 0 Å². The Morgan fingerprint density at radius 2 is 2.00 bits per heavy atom. The first-order chi connectivity index (χ1) is 9.40. The van der Waals surface area contributed by atoms with E-state index in [1.54, 1.807) is 12.1 Å². The Bertz CT molecular complexity index is 446. The van der Waals surface area contributed by atoms with Gasteiger partial charge in [0.25, 0.3) is 0 Å². The summed E-state index contributed by atoms with van der Waals surface area (Å²) in [6.45, 7) is 0.911. The van der Waals surface area contributed by atoms with Crippen molar-refractivity contribution in [1.82, 2.24) is 4.90 Å². The molecule has 0 amide bonds. The molecule has 3 nitrogen and oxygen atoms in total. The van der Waals surface area contributed by atoms with Crippen LogP contribution < -0.4 is 10.5 Å². The molecule has 0 bridgehead atoms. The highest BCUT2D eigenvalue weighted by Crippen LogP contribution is 2.35. The molecule has 1 aliphatic rings. The SMILES string of the molecule is CN(Cc1ccccc1OC(F)(F)F)C(CN)C1CC1. The van der Waals surface area contributed by atoms with Crippen LogP contribution in [0, 0.1) is 5.92 Å². The smallest absolute Gasteiger partial charge is 0.405 e. The van der Waals surface area contributed by atoms with Gasteiger partial charge in [0.2, 0.25) is 0 Å². The number of benzene rings is 1. The van der Waals surface area contributed by atoms with E-state index in [0.717, 1.165) is 12.8 Å². The third-order valence-corrected chi connectivity index (χ3v) is 3.59. The van der Waals surface area contributed by atoms with E-state index in [1.807, 2.05) is 11.9 Å². The van der Waals surface area contributed by atoms with Crippen LogP contribution in [0.4, 0.5) is 13.2 Å². The van der Waals surface area contributed by atoms with Crippen LogP contribution in [-0.2, 0) is 6.54 Å². The molecular weight excluding hydrogens is 269 g/mol. The highest BCUT2D eigenvalue weighted by Gasteiger charge is 2.34. The molecule has 112 valence electrons. The van der Waals surface area contributed by atoms with Gasteiger partial charge in [-0.05, 0) is 31.9 Å². The average molecular weight is 288 g/mol. The number of para-hydroxylation sites is 1. The molecule has 0 heterocycles. The summed E-state index contributed by atoms with van der Waals surface area (Å²) in [5.41, 5.74) is 6.28. The minimum absolute atomic E-state index is 0.140. The van der Waals surface area contributed by atoms with Crippen LogP contribution in [0.5, 0.6) is 5.75 Å². The monoisotopic (exact) mass is 288 g/mol. The van der Waals surface area contributed by atoms with E-state index in [1.165, 1.54) is 12.1 Å². The molecule has 0 saturated heterocycles. The molecule has 1 aromatic rings. The van der Waals surface area contributed by atoms with Crippen LogP contribution in [-0.4, -0.2) is 30.9 Å². The zero-order valence-electron chi connectivity index (χ0n) is 11.4. The van der Waals surface area contributed by atoms with Gasteiger partial charge >= 0.3 is 6.36 Å². The normalized spacial score (nSPS) is 17.3. The number of nitrogens with two attached hydrogens (primary N) is 1. The molecule has 20 heavy (non-hydrogen) atoms. The van der Waals surface area contributed by atoms with Crippen molar-refractivity contribution in [1.29, 1.82) is 0 Å². The second kappa shape index (κ2) is 6.01. The summed E-state index contributed by atoms with van der Waals surface area (Å²) < 4.78 is 41.2. The van der Waals surface area contributed by atoms with Gasteiger partial charge in [0.05, 0.1) is 0 Å². The number of rotatable bonds is 6. The van der Waals surface area contributed by atoms with Crippen molar-refractivity contribution in [3.63, 3.8) is 0 Å². The number of ether oxygens (including phenoxy) is 1. The standard InChI is InChI=1S/C14H19F3N2O/c1-19(12(8-18)10-6-7-10)9-11-4-2-3-5-13(11)20-14(15,16)17/h2-5,10,12H,6-9,18H2,1H3. The lowest BCUT2D eigenvalue weighted by Crippen LogP contribution is -2.39. The number of nitrogens with zero attached hydrogens (tertiary/aromatic N) is 1. The fraction of sp³-hybridized carbons (Fsp3) is 0.571. The lowest BCUT2D eigenvalue weighted by atomic mass is 10.1. The van der Waals surface area contributed by atoms with Gasteiger partial charge in [0, 0.05) is 24.7 Å². The van der Waals surface area contributed by atoms with Crippen LogP contribution in [0.2, 0.25) is 0 Å². The fourth-order valence-corrected chi connectivity index (χ4v) is 2.46. The molecule has 0 aromatic heterocycles. The van der Waals surface area contributed by atoms with E-state index >= 15 is 0 Å². The van der Waals surface area contributed by atoms with Crippen molar-refractivity contribution in [3.8, 4) is 5.75 Å². The zero-order chi connectivity index (χ0) is 14.8. The van der Waals surface area contributed by atoms with Gasteiger partial charge < -0.3 is 10.5 Å². The van der Waals surface area contributed by atoms with Crippen molar-refractivity contribution in [2.75, 3.05) is 13.6 Å². The summed E-state index contributed by atoms with van der Waals surface area (Å²) in [5.74, 6) is 0.430. The lowest BCUT2D eigenvalue weighted by molar-refractivity contribution is -0.275. The predicted octanol–water partition coefficient (Wildman–Crippen LogP) is 2.75. The highest BCUT2D eigenvalue weighted by atomic mass is 19.4. The summed E-state index contributed by atoms with van der Waals surface area (Å²) >= 11 is 0. The average Bonchev–Trinajstić information content (AvgIpc) is 3.15. The Kier molecular flexibility index (Phi) is 4.55. The second-order valence-electron chi connectivity index (χ2n) is 5.21. The molecule has 0 aliphatic heterocycles. The van der Waals surface area contributed by atoms with Crippen LogP contribution in [0.25, 0.3) is 0 Å². The summed E-state index contributed by atoms with van der Waals surface area (Å²) in [4.78, 5) is 2.01. The van der Waals surface area contributed by atoms with Gasteiger partial charge in [-0.2, -0.15) is 0 Å². The van der Waals surface area contributed by atoms with Crippen LogP contribution in [0.3, 0.4) is 0 Å². The number of hydrogen-bond donors (Lipinski definition) is 1. The van der Waals surface area contributed by atoms with Crippen LogP contribution in [0.1, 0.15) is 18.4 Å². The molecule has 2 rings (SSSR count). The summed E-state index contributed by atoms with van der Waals surface area (Å²) in [5, 5.41) is 0. The topological polar surface area (TPSA) is 38.5 Å². The molecule has 1 aliphatic carbocycles. The molecule has 6 heteroatoms. The van der Waals surface area contributed by atoms with Gasteiger partial charge in [-0.3, -0.25) is 4.90 Å². The van der Waals surface area contributed by atoms with Crippen LogP contribution in [0.15, 0.2) is 24.3 Å². The van der Waals surface area contributed by atoms with Crippen molar-refractivity contribution >= 4 is 0 Å². The van der Waals surface area contributed by atoms with Crippen molar-refractivity contribution in [2.24, 2.45) is 11.7 Å². The third-order valence-electron chi connectivity index (χ3n) is 3.59. The van der Waals surface area contributed by atoms with E-state index < -0.39 is 6.36 Å². The summed E-state index contributed by atoms with van der Waals surface area (Å²) in [6.07, 6.45) is -2.38. The molecule has 1 fully saturated rings. The summed E-state index contributed by atoms with van der Waals surface area (Å²) in [6, 6.07) is 6.45. The molecular formula is C14H19F3N2O. The van der Waals surface area contributed by atoms with E-state index in [9.17, 15) is 13.2 Å². The molecule has 1 atom stereocenters. The minimum Gasteiger partial charge on any atom is -0.405 e. The van der Waals surface area contributed by atoms with Crippen molar-refractivity contribution < 1.29 is 17.9 Å². The van der Waals surface area contributed by atoms with E-state index in [0.29, 0.717) is 24.6 Å². The first kappa shape index (κ1) is 15.1. The van der Waals surface area contributed by atoms with E-state index in [4.69, 9.17) is 5.73 Å². The third kappa shape index (κ3) is 4.11. The summed E-state index contributed by atoms with van der Waals surface area (Å²) in [7, 11) is 1.89. The highest BCUT2D eigenvalue weighted by molar-refractivity contribution is 5.33.